The summed E-state index contributed by atoms with van der Waals surface area (Å²) >= 11 is 0. The summed E-state index contributed by atoms with van der Waals surface area (Å²) in [5.74, 6) is -0.458. The second-order valence-corrected chi connectivity index (χ2v) is 3.86. The molecule has 0 aromatic carbocycles. The van der Waals surface area contributed by atoms with Crippen LogP contribution in [-0.4, -0.2) is 47.0 Å². The van der Waals surface area contributed by atoms with Gasteiger partial charge in [0.15, 0.2) is 0 Å². The van der Waals surface area contributed by atoms with Crippen LogP contribution in [-0.2, 0) is 4.79 Å². The molecule has 13 heavy (non-hydrogen) atoms. The average molecular weight is 188 g/mol. The van der Waals surface area contributed by atoms with Crippen LogP contribution in [0.4, 0.5) is 0 Å². The second kappa shape index (κ2) is 3.61. The van der Waals surface area contributed by atoms with Crippen LogP contribution in [0.5, 0.6) is 0 Å². The largest absolute Gasteiger partial charge is 0.390 e. The number of carbonyl (C=O) groups excluding carboxylic acids is 1. The summed E-state index contributed by atoms with van der Waals surface area (Å²) in [6, 6.07) is -0.293. The molecule has 2 atom stereocenters. The van der Waals surface area contributed by atoms with Gasteiger partial charge in [-0.1, -0.05) is 0 Å². The van der Waals surface area contributed by atoms with Crippen LogP contribution in [0.15, 0.2) is 0 Å². The molecule has 2 unspecified atom stereocenters. The van der Waals surface area contributed by atoms with E-state index in [2.05, 4.69) is 10.6 Å². The van der Waals surface area contributed by atoms with Crippen molar-refractivity contribution in [3.05, 3.63) is 0 Å². The zero-order valence-electron chi connectivity index (χ0n) is 7.87. The highest BCUT2D eigenvalue weighted by atomic mass is 16.3. The van der Waals surface area contributed by atoms with E-state index in [-0.39, 0.29) is 6.04 Å². The minimum absolute atomic E-state index is 0.293. The molecule has 0 aliphatic carbocycles. The van der Waals surface area contributed by atoms with E-state index in [0.29, 0.717) is 13.1 Å². The van der Waals surface area contributed by atoms with Gasteiger partial charge in [0.05, 0.1) is 12.1 Å². The minimum atomic E-state index is -1.39. The van der Waals surface area contributed by atoms with Gasteiger partial charge in [0.25, 0.3) is 5.91 Å². The monoisotopic (exact) mass is 188 g/mol. The summed E-state index contributed by atoms with van der Waals surface area (Å²) in [5, 5.41) is 24.2. The first-order valence-corrected chi connectivity index (χ1v) is 4.33. The Morgan fingerprint density at radius 1 is 1.54 bits per heavy atom. The number of hydrogen-bond donors (Lipinski definition) is 4. The molecule has 0 bridgehead atoms. The predicted octanol–water partition coefficient (Wildman–Crippen LogP) is -1.79. The van der Waals surface area contributed by atoms with E-state index < -0.39 is 17.6 Å². The maximum Gasteiger partial charge on any atom is 0.251 e. The lowest BCUT2D eigenvalue weighted by molar-refractivity contribution is -0.137. The van der Waals surface area contributed by atoms with Gasteiger partial charge in [-0.15, -0.1) is 0 Å². The third-order valence-electron chi connectivity index (χ3n) is 2.05. The van der Waals surface area contributed by atoms with Crippen molar-refractivity contribution >= 4 is 5.91 Å². The van der Waals surface area contributed by atoms with E-state index in [1.165, 1.54) is 13.8 Å². The molecule has 1 fully saturated rings. The zero-order chi connectivity index (χ0) is 10.1. The number of amides is 1. The first-order valence-electron chi connectivity index (χ1n) is 4.33. The molecule has 1 rings (SSSR count). The Morgan fingerprint density at radius 2 is 2.15 bits per heavy atom. The van der Waals surface area contributed by atoms with Crippen molar-refractivity contribution in [3.63, 3.8) is 0 Å². The van der Waals surface area contributed by atoms with Gasteiger partial charge in [-0.3, -0.25) is 4.79 Å². The normalized spacial score (nSPS) is 28.9. The highest BCUT2D eigenvalue weighted by molar-refractivity contribution is 5.84. The maximum absolute atomic E-state index is 11.3. The Balaban J connectivity index is 2.45. The second-order valence-electron chi connectivity index (χ2n) is 3.86. The van der Waals surface area contributed by atoms with Gasteiger partial charge in [-0.2, -0.15) is 0 Å². The van der Waals surface area contributed by atoms with Crippen LogP contribution in [0.1, 0.15) is 13.8 Å². The molecule has 0 spiro atoms. The smallest absolute Gasteiger partial charge is 0.251 e. The Labute approximate surface area is 77.1 Å². The lowest BCUT2D eigenvalue weighted by atomic mass is 10.1. The number of hydrogen-bond acceptors (Lipinski definition) is 4. The molecule has 5 heteroatoms. The van der Waals surface area contributed by atoms with Crippen LogP contribution in [0.3, 0.4) is 0 Å². The van der Waals surface area contributed by atoms with Gasteiger partial charge in [-0.25, -0.2) is 0 Å². The Hall–Kier alpha value is -0.650. The van der Waals surface area contributed by atoms with Crippen molar-refractivity contribution in [3.8, 4) is 0 Å². The lowest BCUT2D eigenvalue weighted by Gasteiger charge is -2.21. The van der Waals surface area contributed by atoms with Crippen molar-refractivity contribution < 1.29 is 15.0 Å². The van der Waals surface area contributed by atoms with Crippen LogP contribution >= 0.6 is 0 Å². The summed E-state index contributed by atoms with van der Waals surface area (Å²) in [5.41, 5.74) is -1.39. The number of β-amino-alcohol motifs (C(OH)–C–C–N with tert-alkyl or cyclic N) is 1. The van der Waals surface area contributed by atoms with Crippen LogP contribution in [0.25, 0.3) is 0 Å². The fraction of sp³-hybridized carbons (Fsp3) is 0.875. The molecule has 1 aliphatic heterocycles. The van der Waals surface area contributed by atoms with Crippen LogP contribution < -0.4 is 10.6 Å². The van der Waals surface area contributed by atoms with Crippen LogP contribution in [0, 0.1) is 0 Å². The van der Waals surface area contributed by atoms with Gasteiger partial charge in [0.2, 0.25) is 0 Å². The Kier molecular flexibility index (Phi) is 2.90. The number of aliphatic hydroxyl groups excluding tert-OH is 1. The van der Waals surface area contributed by atoms with E-state index >= 15 is 0 Å². The molecule has 1 heterocycles. The van der Waals surface area contributed by atoms with Crippen molar-refractivity contribution in [2.75, 3.05) is 13.1 Å². The minimum Gasteiger partial charge on any atom is -0.390 e. The van der Waals surface area contributed by atoms with E-state index in [1.54, 1.807) is 0 Å². The standard InChI is InChI=1S/C8H16N2O3/c1-8(2,13)7(12)10-5-3-9-4-6(5)11/h5-6,9,11,13H,3-4H2,1-2H3,(H,10,12). The summed E-state index contributed by atoms with van der Waals surface area (Å²) in [6.45, 7) is 3.86. The fourth-order valence-electron chi connectivity index (χ4n) is 1.16. The quantitative estimate of drug-likeness (QED) is 0.412. The van der Waals surface area contributed by atoms with Crippen molar-refractivity contribution in [2.45, 2.75) is 31.6 Å². The number of rotatable bonds is 2. The molecule has 4 N–H and O–H groups in total. The number of aliphatic hydroxyl groups is 2. The van der Waals surface area contributed by atoms with Crippen molar-refractivity contribution in [2.24, 2.45) is 0 Å². The molecular formula is C8H16N2O3. The summed E-state index contributed by atoms with van der Waals surface area (Å²) in [4.78, 5) is 11.3. The Bertz CT molecular complexity index is 200. The number of carbonyl (C=O) groups is 1. The maximum atomic E-state index is 11.3. The van der Waals surface area contributed by atoms with Gasteiger partial charge in [0, 0.05) is 13.1 Å². The molecule has 76 valence electrons. The molecular weight excluding hydrogens is 172 g/mol. The van der Waals surface area contributed by atoms with E-state index in [1.807, 2.05) is 0 Å². The topological polar surface area (TPSA) is 81.6 Å². The first kappa shape index (κ1) is 10.4. The van der Waals surface area contributed by atoms with E-state index in [0.717, 1.165) is 0 Å². The molecule has 5 nitrogen and oxygen atoms in total. The fourth-order valence-corrected chi connectivity index (χ4v) is 1.16. The number of nitrogens with one attached hydrogen (secondary N) is 2. The molecule has 0 saturated carbocycles. The lowest BCUT2D eigenvalue weighted by Crippen LogP contribution is -2.50. The third kappa shape index (κ3) is 2.65. The van der Waals surface area contributed by atoms with Crippen molar-refractivity contribution in [1.82, 2.24) is 10.6 Å². The van der Waals surface area contributed by atoms with Gasteiger partial charge < -0.3 is 20.8 Å². The summed E-state index contributed by atoms with van der Waals surface area (Å²) < 4.78 is 0. The summed E-state index contributed by atoms with van der Waals surface area (Å²) in [6.07, 6.45) is -0.564. The van der Waals surface area contributed by atoms with Gasteiger partial charge in [0.1, 0.15) is 5.60 Å². The van der Waals surface area contributed by atoms with E-state index in [9.17, 15) is 15.0 Å². The van der Waals surface area contributed by atoms with Crippen LogP contribution in [0.2, 0.25) is 0 Å². The Morgan fingerprint density at radius 3 is 2.54 bits per heavy atom. The van der Waals surface area contributed by atoms with Gasteiger partial charge >= 0.3 is 0 Å². The predicted molar refractivity (Wildman–Crippen MR) is 47.1 cm³/mol. The van der Waals surface area contributed by atoms with Gasteiger partial charge in [-0.05, 0) is 13.8 Å². The molecule has 1 aliphatic rings. The summed E-state index contributed by atoms with van der Waals surface area (Å²) in [7, 11) is 0. The molecule has 0 aromatic heterocycles. The molecule has 1 saturated heterocycles. The highest BCUT2D eigenvalue weighted by Gasteiger charge is 2.31. The van der Waals surface area contributed by atoms with Crippen molar-refractivity contribution in [1.29, 1.82) is 0 Å². The SMILES string of the molecule is CC(C)(O)C(=O)NC1CNCC1O. The molecule has 0 radical (unpaired) electrons. The highest BCUT2D eigenvalue weighted by Crippen LogP contribution is 2.04. The average Bonchev–Trinajstić information content (AvgIpc) is 2.34. The third-order valence-corrected chi connectivity index (χ3v) is 2.05. The molecule has 0 aromatic rings. The zero-order valence-corrected chi connectivity index (χ0v) is 7.87. The molecule has 1 amide bonds. The van der Waals surface area contributed by atoms with E-state index in [4.69, 9.17) is 0 Å². The first-order chi connectivity index (χ1) is 5.91.